The van der Waals surface area contributed by atoms with Crippen LogP contribution >= 0.6 is 0 Å². The van der Waals surface area contributed by atoms with Gasteiger partial charge in [-0.05, 0) is 12.8 Å². The van der Waals surface area contributed by atoms with Crippen LogP contribution in [0.25, 0.3) is 0 Å². The van der Waals surface area contributed by atoms with Gasteiger partial charge in [-0.25, -0.2) is 0 Å². The van der Waals surface area contributed by atoms with Gasteiger partial charge in [0.15, 0.2) is 18.9 Å². The molecule has 0 radical (unpaired) electrons. The van der Waals surface area contributed by atoms with E-state index in [-0.39, 0.29) is 18.9 Å². The molecular weight excluding hydrogens is 1060 g/mol. The lowest BCUT2D eigenvalue weighted by Crippen LogP contribution is -2.66. The van der Waals surface area contributed by atoms with E-state index in [0.717, 1.165) is 51.4 Å². The Morgan fingerprint density at radius 1 is 0.390 bits per heavy atom. The van der Waals surface area contributed by atoms with Gasteiger partial charge in [-0.3, -0.25) is 4.79 Å². The maximum atomic E-state index is 13.2. The summed E-state index contributed by atoms with van der Waals surface area (Å²) in [6, 6.07) is -0.877. The number of carbonyl (C=O) groups excluding carboxylic acids is 1. The highest BCUT2D eigenvalue weighted by Crippen LogP contribution is 2.33. The molecule has 0 aliphatic carbocycles. The van der Waals surface area contributed by atoms with E-state index in [2.05, 4.69) is 19.2 Å². The van der Waals surface area contributed by atoms with E-state index in [9.17, 15) is 61.0 Å². The second-order valence-electron chi connectivity index (χ2n) is 24.3. The third-order valence-electron chi connectivity index (χ3n) is 17.2. The molecule has 486 valence electrons. The largest absolute Gasteiger partial charge is 0.394 e. The summed E-state index contributed by atoms with van der Waals surface area (Å²) >= 11 is 0. The molecule has 3 saturated heterocycles. The summed E-state index contributed by atoms with van der Waals surface area (Å²) < 4.78 is 34.2. The summed E-state index contributed by atoms with van der Waals surface area (Å²) in [6.45, 7) is 1.71. The third-order valence-corrected chi connectivity index (χ3v) is 17.2. The highest BCUT2D eigenvalue weighted by molar-refractivity contribution is 5.76. The van der Waals surface area contributed by atoms with Gasteiger partial charge in [0.25, 0.3) is 0 Å². The second-order valence-corrected chi connectivity index (χ2v) is 24.3. The van der Waals surface area contributed by atoms with Gasteiger partial charge in [-0.1, -0.05) is 245 Å². The molecule has 0 saturated carbocycles. The van der Waals surface area contributed by atoms with Gasteiger partial charge >= 0.3 is 0 Å². The highest BCUT2D eigenvalue weighted by Gasteiger charge is 2.53. The van der Waals surface area contributed by atoms with Crippen molar-refractivity contribution in [1.82, 2.24) is 5.32 Å². The van der Waals surface area contributed by atoms with E-state index >= 15 is 0 Å². The molecule has 0 aromatic carbocycles. The smallest absolute Gasteiger partial charge is 0.220 e. The molecule has 82 heavy (non-hydrogen) atoms. The Morgan fingerprint density at radius 3 is 1.06 bits per heavy atom. The Kier molecular flexibility index (Phi) is 42.9. The van der Waals surface area contributed by atoms with Crippen LogP contribution in [-0.2, 0) is 33.2 Å². The molecule has 3 rings (SSSR count). The predicted octanol–water partition coefficient (Wildman–Crippen LogP) is 7.55. The zero-order chi connectivity index (χ0) is 59.7. The molecule has 17 atom stereocenters. The summed E-state index contributed by atoms with van der Waals surface area (Å²) in [5, 5.41) is 120. The molecule has 3 aliphatic heterocycles. The lowest BCUT2D eigenvalue weighted by atomic mass is 9.96. The van der Waals surface area contributed by atoms with Crippen LogP contribution in [0.2, 0.25) is 0 Å². The molecule has 1 amide bonds. The fourth-order valence-corrected chi connectivity index (χ4v) is 11.7. The molecule has 0 aromatic heterocycles. The zero-order valence-electron chi connectivity index (χ0n) is 51.0. The molecule has 3 heterocycles. The predicted molar refractivity (Wildman–Crippen MR) is 314 cm³/mol. The standard InChI is InChI=1S/C63H121NO18/c1-3-5-7-9-10-11-12-13-14-15-16-17-18-19-20-21-22-23-24-25-26-27-28-29-30-31-32-33-34-35-37-39-41-51(69)64-46(47(68)40-38-36-8-6-4-2)45-77-61-57(75)54(72)59(49(43-66)79-61)82-63-58(76)55(73)60(50(44-67)80-63)81-62-56(74)53(71)52(70)48(42-65)78-62/h46-50,52-63,65-68,70-76H,3-45H2,1-2H3,(H,64,69). The molecular formula is C63H121NO18. The van der Waals surface area contributed by atoms with E-state index in [1.807, 2.05) is 0 Å². The number of hydrogen-bond donors (Lipinski definition) is 12. The van der Waals surface area contributed by atoms with Gasteiger partial charge in [0.1, 0.15) is 73.2 Å². The minimum atomic E-state index is -1.97. The first kappa shape index (κ1) is 75.0. The lowest BCUT2D eigenvalue weighted by molar-refractivity contribution is -0.379. The number of nitrogens with one attached hydrogen (secondary N) is 1. The van der Waals surface area contributed by atoms with Crippen molar-refractivity contribution >= 4 is 5.91 Å². The monoisotopic (exact) mass is 1180 g/mol. The number of aliphatic hydroxyl groups excluding tert-OH is 11. The fourth-order valence-electron chi connectivity index (χ4n) is 11.7. The van der Waals surface area contributed by atoms with Crippen LogP contribution in [0.15, 0.2) is 0 Å². The maximum Gasteiger partial charge on any atom is 0.220 e. The van der Waals surface area contributed by atoms with Gasteiger partial charge in [0.2, 0.25) is 5.91 Å². The molecule has 3 aliphatic rings. The van der Waals surface area contributed by atoms with Crippen molar-refractivity contribution < 1.29 is 89.4 Å². The lowest BCUT2D eigenvalue weighted by Gasteiger charge is -2.48. The summed E-state index contributed by atoms with van der Waals surface area (Å²) in [7, 11) is 0. The average molecular weight is 1180 g/mol. The number of ether oxygens (including phenoxy) is 6. The van der Waals surface area contributed by atoms with E-state index in [4.69, 9.17) is 28.4 Å². The molecule has 0 spiro atoms. The summed E-state index contributed by atoms with van der Waals surface area (Å²) in [5.41, 5.74) is 0. The maximum absolute atomic E-state index is 13.2. The molecule has 17 unspecified atom stereocenters. The number of unbranched alkanes of at least 4 members (excludes halogenated alkanes) is 35. The first-order chi connectivity index (χ1) is 39.8. The van der Waals surface area contributed by atoms with Gasteiger partial charge in [0, 0.05) is 6.42 Å². The normalized spacial score (nSPS) is 29.5. The molecule has 19 heteroatoms. The van der Waals surface area contributed by atoms with Crippen molar-refractivity contribution in [3.63, 3.8) is 0 Å². The van der Waals surface area contributed by atoms with Crippen LogP contribution in [0.4, 0.5) is 0 Å². The Bertz CT molecular complexity index is 1500. The van der Waals surface area contributed by atoms with Crippen LogP contribution in [0.5, 0.6) is 0 Å². The van der Waals surface area contributed by atoms with Crippen molar-refractivity contribution in [3.05, 3.63) is 0 Å². The Labute approximate surface area is 493 Å². The quantitative estimate of drug-likeness (QED) is 0.0262. The zero-order valence-corrected chi connectivity index (χ0v) is 51.0. The van der Waals surface area contributed by atoms with Crippen molar-refractivity contribution in [2.24, 2.45) is 0 Å². The van der Waals surface area contributed by atoms with Crippen molar-refractivity contribution in [2.45, 2.75) is 369 Å². The first-order valence-corrected chi connectivity index (χ1v) is 33.3. The minimum Gasteiger partial charge on any atom is -0.394 e. The molecule has 0 bridgehead atoms. The summed E-state index contributed by atoms with van der Waals surface area (Å²) in [6.07, 6.45) is 21.6. The summed E-state index contributed by atoms with van der Waals surface area (Å²) in [5.74, 6) is -0.244. The van der Waals surface area contributed by atoms with Crippen molar-refractivity contribution in [1.29, 1.82) is 0 Å². The number of hydrogen-bond acceptors (Lipinski definition) is 18. The van der Waals surface area contributed by atoms with Gasteiger partial charge in [-0.15, -0.1) is 0 Å². The van der Waals surface area contributed by atoms with E-state index in [0.29, 0.717) is 12.8 Å². The van der Waals surface area contributed by atoms with Crippen molar-refractivity contribution in [3.8, 4) is 0 Å². The molecule has 12 N–H and O–H groups in total. The average Bonchev–Trinajstić information content (AvgIpc) is 3.66. The highest BCUT2D eigenvalue weighted by atomic mass is 16.8. The van der Waals surface area contributed by atoms with Crippen LogP contribution in [0.3, 0.4) is 0 Å². The van der Waals surface area contributed by atoms with Crippen LogP contribution < -0.4 is 5.32 Å². The van der Waals surface area contributed by atoms with Gasteiger partial charge in [-0.2, -0.15) is 0 Å². The Morgan fingerprint density at radius 2 is 0.695 bits per heavy atom. The topological polar surface area (TPSA) is 307 Å². The number of carbonyl (C=O) groups is 1. The molecule has 3 fully saturated rings. The van der Waals surface area contributed by atoms with Crippen LogP contribution in [0, 0.1) is 0 Å². The number of amides is 1. The van der Waals surface area contributed by atoms with Crippen molar-refractivity contribution in [2.75, 3.05) is 26.4 Å². The van der Waals surface area contributed by atoms with E-state index in [1.54, 1.807) is 0 Å². The van der Waals surface area contributed by atoms with Gasteiger partial charge in [0.05, 0.1) is 38.6 Å². The third kappa shape index (κ3) is 29.7. The first-order valence-electron chi connectivity index (χ1n) is 33.3. The van der Waals surface area contributed by atoms with E-state index in [1.165, 1.54) is 180 Å². The second kappa shape index (κ2) is 46.9. The number of rotatable bonds is 51. The number of aliphatic hydroxyl groups is 11. The van der Waals surface area contributed by atoms with Crippen LogP contribution in [0.1, 0.15) is 264 Å². The molecule has 0 aromatic rings. The van der Waals surface area contributed by atoms with E-state index < -0.39 is 124 Å². The summed E-state index contributed by atoms with van der Waals surface area (Å²) in [4.78, 5) is 13.2. The van der Waals surface area contributed by atoms with Crippen LogP contribution in [-0.4, -0.2) is 193 Å². The molecule has 19 nitrogen and oxygen atoms in total. The minimum absolute atomic E-state index is 0.244. The SMILES string of the molecule is CCCCCCCCCCCCCCCCCCCCCCCCCCCCCCCCCCC(=O)NC(COC1OC(CO)C(OC2OC(CO)C(OC3OC(CO)C(O)C(O)C3O)C(O)C2O)C(O)C1O)C(O)CCCCCCC. The van der Waals surface area contributed by atoms with Gasteiger partial charge < -0.3 is 89.9 Å². The fraction of sp³-hybridized carbons (Fsp3) is 0.984. The Balaban J connectivity index is 1.27. The Hall–Kier alpha value is -1.21.